The van der Waals surface area contributed by atoms with Crippen LogP contribution in [0.25, 0.3) is 0 Å². The molecule has 6 nitrogen and oxygen atoms in total. The van der Waals surface area contributed by atoms with E-state index in [0.29, 0.717) is 18.7 Å². The molecule has 0 saturated carbocycles. The van der Waals surface area contributed by atoms with E-state index < -0.39 is 18.1 Å². The largest absolute Gasteiger partial charge is 0.481 e. The van der Waals surface area contributed by atoms with Crippen LogP contribution in [-0.2, 0) is 9.59 Å². The molecule has 1 saturated heterocycles. The summed E-state index contributed by atoms with van der Waals surface area (Å²) in [5.74, 6) is -1.15. The molecule has 2 rings (SSSR count). The number of nitrogens with zero attached hydrogens (tertiary/aromatic N) is 1. The molecule has 1 heterocycles. The maximum Gasteiger partial charge on any atom is 0.305 e. The zero-order chi connectivity index (χ0) is 14.5. The van der Waals surface area contributed by atoms with E-state index in [4.69, 9.17) is 5.11 Å². The molecule has 1 fully saturated rings. The molecule has 108 valence electrons. The third-order valence-corrected chi connectivity index (χ3v) is 3.29. The van der Waals surface area contributed by atoms with Gasteiger partial charge in [0.1, 0.15) is 0 Å². The Morgan fingerprint density at radius 2 is 2.00 bits per heavy atom. The number of nitrogens with one attached hydrogen (secondary N) is 1. The van der Waals surface area contributed by atoms with Gasteiger partial charge in [-0.3, -0.25) is 9.59 Å². The van der Waals surface area contributed by atoms with Crippen molar-refractivity contribution in [3.05, 3.63) is 30.3 Å². The molecule has 1 amide bonds. The van der Waals surface area contributed by atoms with E-state index in [2.05, 4.69) is 5.32 Å². The van der Waals surface area contributed by atoms with E-state index in [9.17, 15) is 14.7 Å². The Labute approximate surface area is 117 Å². The topological polar surface area (TPSA) is 89.9 Å². The van der Waals surface area contributed by atoms with Crippen LogP contribution in [0, 0.1) is 0 Å². The number of carboxylic acid groups (broad SMARTS) is 1. The van der Waals surface area contributed by atoms with Crippen LogP contribution >= 0.6 is 0 Å². The van der Waals surface area contributed by atoms with Gasteiger partial charge < -0.3 is 20.4 Å². The van der Waals surface area contributed by atoms with Crippen molar-refractivity contribution in [1.29, 1.82) is 0 Å². The molecule has 2 unspecified atom stereocenters. The maximum absolute atomic E-state index is 12.5. The second-order valence-electron chi connectivity index (χ2n) is 4.82. The Morgan fingerprint density at radius 1 is 1.30 bits per heavy atom. The molecule has 3 N–H and O–H groups in total. The minimum Gasteiger partial charge on any atom is -0.481 e. The number of carbonyl (C=O) groups is 2. The Bertz CT molecular complexity index is 477. The summed E-state index contributed by atoms with van der Waals surface area (Å²) in [4.78, 5) is 24.7. The summed E-state index contributed by atoms with van der Waals surface area (Å²) in [6.45, 7) is 0.504. The lowest BCUT2D eigenvalue weighted by Gasteiger charge is -2.25. The van der Waals surface area contributed by atoms with Crippen LogP contribution in [0.15, 0.2) is 30.3 Å². The Balaban J connectivity index is 2.13. The lowest BCUT2D eigenvalue weighted by atomic mass is 10.1. The Kier molecular flexibility index (Phi) is 4.70. The molecule has 1 aromatic rings. The van der Waals surface area contributed by atoms with Gasteiger partial charge in [0.05, 0.1) is 18.6 Å². The highest BCUT2D eigenvalue weighted by Gasteiger charge is 2.32. The predicted molar refractivity (Wildman–Crippen MR) is 73.5 cm³/mol. The van der Waals surface area contributed by atoms with Crippen LogP contribution in [0.1, 0.15) is 12.8 Å². The fourth-order valence-corrected chi connectivity index (χ4v) is 2.28. The van der Waals surface area contributed by atoms with Gasteiger partial charge in [0.2, 0.25) is 5.91 Å². The number of para-hydroxylation sites is 1. The van der Waals surface area contributed by atoms with Crippen molar-refractivity contribution in [2.75, 3.05) is 18.0 Å². The number of anilines is 1. The lowest BCUT2D eigenvalue weighted by molar-refractivity contribution is -0.136. The number of aliphatic hydroxyl groups excluding tert-OH is 1. The number of aliphatic carboxylic acids is 1. The van der Waals surface area contributed by atoms with Crippen molar-refractivity contribution in [1.82, 2.24) is 5.32 Å². The average Bonchev–Trinajstić information content (AvgIpc) is 2.86. The normalized spacial score (nSPS) is 21.6. The molecule has 0 aromatic heterocycles. The number of aliphatic hydroxyl groups is 1. The Morgan fingerprint density at radius 3 is 2.55 bits per heavy atom. The van der Waals surface area contributed by atoms with E-state index in [1.807, 2.05) is 6.07 Å². The number of hydrogen-bond donors (Lipinski definition) is 3. The first kappa shape index (κ1) is 14.5. The van der Waals surface area contributed by atoms with E-state index >= 15 is 0 Å². The first-order chi connectivity index (χ1) is 9.58. The zero-order valence-electron chi connectivity index (χ0n) is 11.0. The second-order valence-corrected chi connectivity index (χ2v) is 4.82. The molecule has 2 atom stereocenters. The van der Waals surface area contributed by atoms with E-state index in [0.717, 1.165) is 0 Å². The first-order valence-electron chi connectivity index (χ1n) is 6.57. The number of hydrogen-bond acceptors (Lipinski definition) is 4. The van der Waals surface area contributed by atoms with Crippen LogP contribution in [0.2, 0.25) is 0 Å². The quantitative estimate of drug-likeness (QED) is 0.716. The van der Waals surface area contributed by atoms with Gasteiger partial charge in [-0.15, -0.1) is 0 Å². The summed E-state index contributed by atoms with van der Waals surface area (Å²) in [6, 6.07) is 8.51. The summed E-state index contributed by atoms with van der Waals surface area (Å²) >= 11 is 0. The lowest BCUT2D eigenvalue weighted by Crippen LogP contribution is -2.44. The second kappa shape index (κ2) is 6.49. The molecular weight excluding hydrogens is 260 g/mol. The fraction of sp³-hybridized carbons (Fsp3) is 0.429. The molecule has 0 spiro atoms. The summed E-state index contributed by atoms with van der Waals surface area (Å²) in [5, 5.41) is 21.3. The zero-order valence-corrected chi connectivity index (χ0v) is 11.0. The minimum atomic E-state index is -0.946. The van der Waals surface area contributed by atoms with Gasteiger partial charge in [-0.2, -0.15) is 0 Å². The maximum atomic E-state index is 12.5. The fourth-order valence-electron chi connectivity index (χ4n) is 2.28. The van der Waals surface area contributed by atoms with E-state index in [-0.39, 0.29) is 18.9 Å². The number of amides is 1. The Hall–Kier alpha value is -1.92. The van der Waals surface area contributed by atoms with Crippen molar-refractivity contribution in [2.45, 2.75) is 25.0 Å². The van der Waals surface area contributed by atoms with Crippen LogP contribution < -0.4 is 10.2 Å². The highest BCUT2D eigenvalue weighted by atomic mass is 16.4. The molecule has 0 radical (unpaired) electrons. The van der Waals surface area contributed by atoms with Gasteiger partial charge in [0, 0.05) is 18.8 Å². The van der Waals surface area contributed by atoms with Crippen molar-refractivity contribution >= 4 is 17.6 Å². The van der Waals surface area contributed by atoms with Crippen molar-refractivity contribution in [3.8, 4) is 0 Å². The van der Waals surface area contributed by atoms with Crippen molar-refractivity contribution in [2.24, 2.45) is 0 Å². The molecule has 0 bridgehead atoms. The monoisotopic (exact) mass is 278 g/mol. The highest BCUT2D eigenvalue weighted by molar-refractivity contribution is 5.97. The van der Waals surface area contributed by atoms with E-state index in [1.165, 1.54) is 4.90 Å². The number of β-amino-alcohol motifs (C(OH)–C–C–N with tert-alkyl or cyclic N) is 1. The summed E-state index contributed by atoms with van der Waals surface area (Å²) in [6.07, 6.45) is -0.286. The molecule has 6 heteroatoms. The first-order valence-corrected chi connectivity index (χ1v) is 6.57. The summed E-state index contributed by atoms with van der Waals surface area (Å²) < 4.78 is 0. The molecule has 1 aromatic carbocycles. The van der Waals surface area contributed by atoms with Gasteiger partial charge in [-0.25, -0.2) is 0 Å². The van der Waals surface area contributed by atoms with Crippen LogP contribution in [0.5, 0.6) is 0 Å². The third-order valence-electron chi connectivity index (χ3n) is 3.29. The summed E-state index contributed by atoms with van der Waals surface area (Å²) in [5.41, 5.74) is 0.668. The van der Waals surface area contributed by atoms with Gasteiger partial charge in [0.25, 0.3) is 0 Å². The standard InChI is InChI=1S/C14H18N2O4/c17-11-8-12(15-9-11)14(20)16(7-6-13(18)19)10-4-2-1-3-5-10/h1-5,11-12,15,17H,6-9H2,(H,18,19). The predicted octanol–water partition coefficient (Wildman–Crippen LogP) is 0.217. The highest BCUT2D eigenvalue weighted by Crippen LogP contribution is 2.18. The average molecular weight is 278 g/mol. The smallest absolute Gasteiger partial charge is 0.305 e. The molecule has 20 heavy (non-hydrogen) atoms. The third kappa shape index (κ3) is 3.55. The minimum absolute atomic E-state index is 0.115. The van der Waals surface area contributed by atoms with E-state index in [1.54, 1.807) is 24.3 Å². The molecular formula is C14H18N2O4. The number of carboxylic acids is 1. The number of rotatable bonds is 5. The van der Waals surface area contributed by atoms with Gasteiger partial charge in [-0.1, -0.05) is 18.2 Å². The molecule has 0 aliphatic carbocycles. The van der Waals surface area contributed by atoms with Gasteiger partial charge in [-0.05, 0) is 18.6 Å². The summed E-state index contributed by atoms with van der Waals surface area (Å²) in [7, 11) is 0. The van der Waals surface area contributed by atoms with Crippen molar-refractivity contribution in [3.63, 3.8) is 0 Å². The molecule has 1 aliphatic rings. The van der Waals surface area contributed by atoms with Crippen molar-refractivity contribution < 1.29 is 19.8 Å². The molecule has 1 aliphatic heterocycles. The number of carbonyl (C=O) groups excluding carboxylic acids is 1. The van der Waals surface area contributed by atoms with Crippen LogP contribution in [-0.4, -0.2) is 47.3 Å². The van der Waals surface area contributed by atoms with Gasteiger partial charge >= 0.3 is 5.97 Å². The van der Waals surface area contributed by atoms with Crippen LogP contribution in [0.3, 0.4) is 0 Å². The SMILES string of the molecule is O=C(O)CCN(C(=O)C1CC(O)CN1)c1ccccc1. The van der Waals surface area contributed by atoms with Gasteiger partial charge in [0.15, 0.2) is 0 Å². The number of benzene rings is 1. The van der Waals surface area contributed by atoms with Crippen LogP contribution in [0.4, 0.5) is 5.69 Å².